The van der Waals surface area contributed by atoms with Crippen LogP contribution in [0.3, 0.4) is 0 Å². The van der Waals surface area contributed by atoms with Gasteiger partial charge in [0.1, 0.15) is 5.82 Å². The molecule has 8 nitrogen and oxygen atoms in total. The third-order valence-electron chi connectivity index (χ3n) is 4.59. The molecule has 0 atom stereocenters. The van der Waals surface area contributed by atoms with Crippen LogP contribution in [0.15, 0.2) is 53.7 Å². The van der Waals surface area contributed by atoms with E-state index in [1.165, 1.54) is 22.0 Å². The summed E-state index contributed by atoms with van der Waals surface area (Å²) in [5.41, 5.74) is 9.18. The second kappa shape index (κ2) is 7.88. The standard InChI is InChI=1S/C20H18N8S2/c1-2-12-7-3-4-8-13(12)22-18-24-16(23-17(21)25-18)11-29-19-26-27-20-28(19)14-9-5-6-10-15(14)30-20/h3-10H,2,11H2,1H3,(H3,21,22,23,24,25). The Morgan fingerprint density at radius 3 is 2.77 bits per heavy atom. The molecule has 0 saturated heterocycles. The maximum Gasteiger partial charge on any atom is 0.232 e. The lowest BCUT2D eigenvalue weighted by atomic mass is 10.1. The third-order valence-corrected chi connectivity index (χ3v) is 6.52. The number of thiazole rings is 1. The van der Waals surface area contributed by atoms with Crippen molar-refractivity contribution in [2.45, 2.75) is 24.3 Å². The smallest absolute Gasteiger partial charge is 0.232 e. The molecular weight excluding hydrogens is 416 g/mol. The molecule has 0 spiro atoms. The summed E-state index contributed by atoms with van der Waals surface area (Å²) in [5, 5.41) is 12.7. The van der Waals surface area contributed by atoms with Crippen LogP contribution in [0.25, 0.3) is 15.2 Å². The molecular formula is C20H18N8S2. The number of hydrogen-bond acceptors (Lipinski definition) is 9. The maximum atomic E-state index is 5.94. The molecule has 5 aromatic rings. The molecule has 0 fully saturated rings. The number of nitrogens with zero attached hydrogens (tertiary/aromatic N) is 6. The number of benzene rings is 2. The third kappa shape index (κ3) is 3.55. The van der Waals surface area contributed by atoms with Crippen molar-refractivity contribution in [3.63, 3.8) is 0 Å². The number of hydrogen-bond donors (Lipinski definition) is 2. The van der Waals surface area contributed by atoms with Gasteiger partial charge in [-0.05, 0) is 30.2 Å². The van der Waals surface area contributed by atoms with Crippen molar-refractivity contribution in [1.82, 2.24) is 29.5 Å². The lowest BCUT2D eigenvalue weighted by Crippen LogP contribution is -2.07. The van der Waals surface area contributed by atoms with Gasteiger partial charge in [0.15, 0.2) is 5.16 Å². The number of aromatic nitrogens is 6. The van der Waals surface area contributed by atoms with Gasteiger partial charge in [-0.15, -0.1) is 10.2 Å². The summed E-state index contributed by atoms with van der Waals surface area (Å²) >= 11 is 3.14. The summed E-state index contributed by atoms with van der Waals surface area (Å²) in [5.74, 6) is 1.71. The van der Waals surface area contributed by atoms with E-state index in [2.05, 4.69) is 60.0 Å². The molecule has 0 amide bonds. The van der Waals surface area contributed by atoms with Gasteiger partial charge in [-0.25, -0.2) is 0 Å². The summed E-state index contributed by atoms with van der Waals surface area (Å²) in [4.78, 5) is 13.9. The minimum absolute atomic E-state index is 0.185. The van der Waals surface area contributed by atoms with E-state index >= 15 is 0 Å². The summed E-state index contributed by atoms with van der Waals surface area (Å²) in [6.07, 6.45) is 0.907. The molecule has 150 valence electrons. The van der Waals surface area contributed by atoms with E-state index in [9.17, 15) is 0 Å². The van der Waals surface area contributed by atoms with E-state index in [0.29, 0.717) is 17.5 Å². The number of aryl methyl sites for hydroxylation is 1. The predicted molar refractivity (Wildman–Crippen MR) is 121 cm³/mol. The van der Waals surface area contributed by atoms with Crippen molar-refractivity contribution in [3.8, 4) is 0 Å². The van der Waals surface area contributed by atoms with Crippen LogP contribution in [0, 0.1) is 0 Å². The SMILES string of the molecule is CCc1ccccc1Nc1nc(N)nc(CSc2nnc3sc4ccccc4n23)n1. The molecule has 3 N–H and O–H groups in total. The van der Waals surface area contributed by atoms with Gasteiger partial charge in [-0.1, -0.05) is 60.4 Å². The molecule has 0 saturated carbocycles. The van der Waals surface area contributed by atoms with Crippen LogP contribution in [0.4, 0.5) is 17.6 Å². The lowest BCUT2D eigenvalue weighted by molar-refractivity contribution is 0.931. The fourth-order valence-corrected chi connectivity index (χ4v) is 5.03. The quantitative estimate of drug-likeness (QED) is 0.381. The van der Waals surface area contributed by atoms with Crippen LogP contribution < -0.4 is 11.1 Å². The fraction of sp³-hybridized carbons (Fsp3) is 0.150. The maximum absolute atomic E-state index is 5.94. The van der Waals surface area contributed by atoms with Crippen molar-refractivity contribution >= 4 is 55.9 Å². The molecule has 0 aliphatic rings. The van der Waals surface area contributed by atoms with E-state index in [0.717, 1.165) is 27.7 Å². The van der Waals surface area contributed by atoms with Crippen LogP contribution in [0.5, 0.6) is 0 Å². The Bertz CT molecular complexity index is 1340. The normalized spacial score (nSPS) is 11.4. The van der Waals surface area contributed by atoms with Crippen LogP contribution in [-0.2, 0) is 12.2 Å². The van der Waals surface area contributed by atoms with Crippen LogP contribution in [0.1, 0.15) is 18.3 Å². The Morgan fingerprint density at radius 1 is 1.03 bits per heavy atom. The zero-order chi connectivity index (χ0) is 20.5. The Kier molecular flexibility index (Phi) is 4.93. The highest BCUT2D eigenvalue weighted by atomic mass is 32.2. The van der Waals surface area contributed by atoms with Gasteiger partial charge in [0.05, 0.1) is 16.0 Å². The van der Waals surface area contributed by atoms with Crippen molar-refractivity contribution in [1.29, 1.82) is 0 Å². The summed E-state index contributed by atoms with van der Waals surface area (Å²) in [6, 6.07) is 16.3. The summed E-state index contributed by atoms with van der Waals surface area (Å²) in [6.45, 7) is 2.11. The zero-order valence-corrected chi connectivity index (χ0v) is 17.7. The van der Waals surface area contributed by atoms with Crippen molar-refractivity contribution in [3.05, 3.63) is 59.9 Å². The molecule has 30 heavy (non-hydrogen) atoms. The van der Waals surface area contributed by atoms with Crippen LogP contribution >= 0.6 is 23.1 Å². The highest BCUT2D eigenvalue weighted by molar-refractivity contribution is 7.98. The summed E-state index contributed by atoms with van der Waals surface area (Å²) < 4.78 is 3.24. The predicted octanol–water partition coefficient (Wildman–Crippen LogP) is 4.31. The number of nitrogens with one attached hydrogen (secondary N) is 1. The highest BCUT2D eigenvalue weighted by Gasteiger charge is 2.14. The average molecular weight is 435 g/mol. The van der Waals surface area contributed by atoms with E-state index in [1.54, 1.807) is 11.3 Å². The Hall–Kier alpha value is -3.24. The van der Waals surface area contributed by atoms with Gasteiger partial charge in [0, 0.05) is 5.69 Å². The largest absolute Gasteiger partial charge is 0.368 e. The van der Waals surface area contributed by atoms with Crippen LogP contribution in [-0.4, -0.2) is 29.5 Å². The van der Waals surface area contributed by atoms with Gasteiger partial charge in [-0.3, -0.25) is 4.40 Å². The van der Waals surface area contributed by atoms with Gasteiger partial charge < -0.3 is 11.1 Å². The summed E-state index contributed by atoms with van der Waals surface area (Å²) in [7, 11) is 0. The van der Waals surface area contributed by atoms with Gasteiger partial charge in [0.2, 0.25) is 16.9 Å². The van der Waals surface area contributed by atoms with Gasteiger partial charge in [0.25, 0.3) is 0 Å². The highest BCUT2D eigenvalue weighted by Crippen LogP contribution is 2.30. The molecule has 0 aliphatic heterocycles. The number of anilines is 3. The van der Waals surface area contributed by atoms with E-state index < -0.39 is 0 Å². The molecule has 0 bridgehead atoms. The molecule has 2 aromatic carbocycles. The second-order valence-corrected chi connectivity index (χ2v) is 8.48. The number of thioether (sulfide) groups is 1. The Morgan fingerprint density at radius 2 is 1.87 bits per heavy atom. The topological polar surface area (TPSA) is 107 Å². The van der Waals surface area contributed by atoms with Gasteiger partial charge >= 0.3 is 0 Å². The minimum Gasteiger partial charge on any atom is -0.368 e. The van der Waals surface area contributed by atoms with E-state index in [-0.39, 0.29) is 5.95 Å². The first-order valence-corrected chi connectivity index (χ1v) is 11.2. The van der Waals surface area contributed by atoms with Gasteiger partial charge in [-0.2, -0.15) is 15.0 Å². The molecule has 3 aromatic heterocycles. The first kappa shape index (κ1) is 18.8. The molecule has 0 aliphatic carbocycles. The monoisotopic (exact) mass is 434 g/mol. The average Bonchev–Trinajstić information content (AvgIpc) is 3.31. The van der Waals surface area contributed by atoms with Crippen molar-refractivity contribution in [2.75, 3.05) is 11.1 Å². The first-order chi connectivity index (χ1) is 14.7. The molecule has 0 unspecified atom stereocenters. The van der Waals surface area contributed by atoms with E-state index in [4.69, 9.17) is 5.73 Å². The Labute approximate surface area is 180 Å². The molecule has 5 rings (SSSR count). The second-order valence-electron chi connectivity index (χ2n) is 6.53. The lowest BCUT2D eigenvalue weighted by Gasteiger charge is -2.10. The number of para-hydroxylation sites is 2. The molecule has 0 radical (unpaired) electrons. The van der Waals surface area contributed by atoms with Crippen molar-refractivity contribution < 1.29 is 0 Å². The number of fused-ring (bicyclic) bond motifs is 3. The number of nitrogen functional groups attached to an aromatic ring is 1. The van der Waals surface area contributed by atoms with Crippen LogP contribution in [0.2, 0.25) is 0 Å². The Balaban J connectivity index is 1.40. The zero-order valence-electron chi connectivity index (χ0n) is 16.1. The molecule has 3 heterocycles. The number of nitrogens with two attached hydrogens (primary N) is 1. The number of rotatable bonds is 6. The van der Waals surface area contributed by atoms with E-state index in [1.807, 2.05) is 30.3 Å². The molecule has 10 heteroatoms. The fourth-order valence-electron chi connectivity index (χ4n) is 3.21. The minimum atomic E-state index is 0.185. The first-order valence-electron chi connectivity index (χ1n) is 9.42. The van der Waals surface area contributed by atoms with Crippen molar-refractivity contribution in [2.24, 2.45) is 0 Å².